The average Bonchev–Trinajstić information content (AvgIpc) is 3.21. The van der Waals surface area contributed by atoms with Crippen molar-refractivity contribution in [2.45, 2.75) is 25.2 Å². The Bertz CT molecular complexity index is 1170. The topological polar surface area (TPSA) is 145 Å². The van der Waals surface area contributed by atoms with Gasteiger partial charge in [-0.2, -0.15) is 28.8 Å². The van der Waals surface area contributed by atoms with Crippen molar-refractivity contribution in [1.29, 1.82) is 10.5 Å². The number of carbonyl (C=O) groups is 2. The van der Waals surface area contributed by atoms with E-state index in [0.29, 0.717) is 11.0 Å². The van der Waals surface area contributed by atoms with Crippen LogP contribution in [0.3, 0.4) is 0 Å². The number of rotatable bonds is 7. The number of alkyl halides is 3. The highest BCUT2D eigenvalue weighted by atomic mass is 19.4. The van der Waals surface area contributed by atoms with Gasteiger partial charge in [-0.25, -0.2) is 9.78 Å². The van der Waals surface area contributed by atoms with E-state index in [0.717, 1.165) is 24.9 Å². The van der Waals surface area contributed by atoms with Crippen molar-refractivity contribution in [3.63, 3.8) is 0 Å². The van der Waals surface area contributed by atoms with Crippen molar-refractivity contribution >= 4 is 17.6 Å². The molecule has 0 aromatic carbocycles. The molecule has 2 rings (SSSR count). The van der Waals surface area contributed by atoms with E-state index < -0.39 is 53.7 Å². The Balaban J connectivity index is 2.53. The number of hydrogen-bond donors (Lipinski definition) is 1. The maximum Gasteiger partial charge on any atom is 0.419 e. The molecule has 172 valence electrons. The second-order valence-corrected chi connectivity index (χ2v) is 7.00. The quantitative estimate of drug-likeness (QED) is 0.482. The number of aromatic nitrogens is 3. The summed E-state index contributed by atoms with van der Waals surface area (Å²) in [6.07, 6.45) is -1.69. The third-order valence-corrected chi connectivity index (χ3v) is 4.36. The molecule has 0 saturated carbocycles. The van der Waals surface area contributed by atoms with Gasteiger partial charge in [0.2, 0.25) is 0 Å². The summed E-state index contributed by atoms with van der Waals surface area (Å²) in [7, 11) is 1.05. The number of carbonyl (C=O) groups excluding carboxylic acids is 2. The summed E-state index contributed by atoms with van der Waals surface area (Å²) in [4.78, 5) is 29.1. The molecule has 0 bridgehead atoms. The Morgan fingerprint density at radius 1 is 1.30 bits per heavy atom. The molecule has 2 aromatic heterocycles. The first-order chi connectivity index (χ1) is 15.3. The van der Waals surface area contributed by atoms with Crippen molar-refractivity contribution in [3.8, 4) is 12.1 Å². The number of esters is 1. The number of methoxy groups -OCH3 is 1. The zero-order chi connectivity index (χ0) is 25.0. The average molecular weight is 462 g/mol. The molecule has 0 radical (unpaired) electrons. The number of halogens is 3. The molecule has 1 atom stereocenters. The maximum absolute atomic E-state index is 13.4. The van der Waals surface area contributed by atoms with Crippen LogP contribution in [0, 0.1) is 22.7 Å². The highest BCUT2D eigenvalue weighted by molar-refractivity contribution is 6.01. The van der Waals surface area contributed by atoms with Crippen LogP contribution in [0.1, 0.15) is 23.7 Å². The van der Waals surface area contributed by atoms with E-state index in [4.69, 9.17) is 10.5 Å². The molecule has 0 aliphatic rings. The Labute approximate surface area is 185 Å². The molecule has 1 amide bonds. The first-order valence-electron chi connectivity index (χ1n) is 9.04. The van der Waals surface area contributed by atoms with Gasteiger partial charge in [0.1, 0.15) is 12.1 Å². The van der Waals surface area contributed by atoms with Crippen molar-refractivity contribution in [3.05, 3.63) is 53.6 Å². The number of nitrogens with zero attached hydrogens (tertiary/aromatic N) is 6. The summed E-state index contributed by atoms with van der Waals surface area (Å²) < 4.78 is 45.8. The van der Waals surface area contributed by atoms with Gasteiger partial charge in [-0.1, -0.05) is 6.58 Å². The fourth-order valence-electron chi connectivity index (χ4n) is 2.77. The van der Waals surface area contributed by atoms with Crippen LogP contribution < -0.4 is 4.90 Å². The van der Waals surface area contributed by atoms with Gasteiger partial charge in [0, 0.05) is 11.8 Å². The molecule has 10 nitrogen and oxygen atoms in total. The lowest BCUT2D eigenvalue weighted by atomic mass is 10.0. The molecule has 2 heterocycles. The molecule has 1 N–H and O–H groups in total. The van der Waals surface area contributed by atoms with Crippen LogP contribution >= 0.6 is 0 Å². The number of hydrogen-bond acceptors (Lipinski definition) is 8. The summed E-state index contributed by atoms with van der Waals surface area (Å²) in [5.74, 6) is -2.06. The lowest BCUT2D eigenvalue weighted by Crippen LogP contribution is -2.51. The zero-order valence-electron chi connectivity index (χ0n) is 17.4. The SMILES string of the molecule is C=C(CN(C(=O)[C@@](C)(O)Cn1cc(C#N)cn1)c1cnc(C#N)c(C(F)(F)F)c1)C(=O)OC. The lowest BCUT2D eigenvalue weighted by molar-refractivity contribution is -0.139. The normalized spacial score (nSPS) is 12.7. The predicted molar refractivity (Wildman–Crippen MR) is 105 cm³/mol. The third kappa shape index (κ3) is 5.72. The van der Waals surface area contributed by atoms with E-state index in [2.05, 4.69) is 21.4 Å². The van der Waals surface area contributed by atoms with Gasteiger partial charge in [0.25, 0.3) is 5.91 Å². The largest absolute Gasteiger partial charge is 0.466 e. The number of pyridine rings is 1. The number of amides is 1. The standard InChI is InChI=1S/C20H17F3N6O4/c1-12(17(30)33-3)9-29(14-4-15(20(21,22)23)16(6-25)26-8-14)18(31)19(2,32)11-28-10-13(5-24)7-27-28/h4,7-8,10,32H,1,9,11H2,2-3H3/t19-/m0/s1. The predicted octanol–water partition coefficient (Wildman–Crippen LogP) is 1.55. The van der Waals surface area contributed by atoms with Gasteiger partial charge < -0.3 is 14.7 Å². The van der Waals surface area contributed by atoms with Crippen molar-refractivity contribution in [1.82, 2.24) is 14.8 Å². The number of nitriles is 2. The van der Waals surface area contributed by atoms with Gasteiger partial charge >= 0.3 is 12.1 Å². The van der Waals surface area contributed by atoms with Gasteiger partial charge in [-0.15, -0.1) is 0 Å². The molecule has 2 aromatic rings. The molecule has 0 spiro atoms. The second-order valence-electron chi connectivity index (χ2n) is 7.00. The van der Waals surface area contributed by atoms with Crippen molar-refractivity contribution in [2.24, 2.45) is 0 Å². The van der Waals surface area contributed by atoms with E-state index in [-0.39, 0.29) is 11.1 Å². The highest BCUT2D eigenvalue weighted by Gasteiger charge is 2.39. The molecule has 0 saturated heterocycles. The van der Waals surface area contributed by atoms with Crippen LogP contribution in [0.15, 0.2) is 36.8 Å². The summed E-state index contributed by atoms with van der Waals surface area (Å²) in [6, 6.07) is 3.65. The number of aliphatic hydroxyl groups is 1. The smallest absolute Gasteiger partial charge is 0.419 e. The van der Waals surface area contributed by atoms with Crippen LogP contribution in [0.4, 0.5) is 18.9 Å². The number of ether oxygens (including phenoxy) is 1. The first kappa shape index (κ1) is 25.0. The second kappa shape index (κ2) is 9.50. The van der Waals surface area contributed by atoms with Crippen LogP contribution in [-0.4, -0.2) is 51.0 Å². The van der Waals surface area contributed by atoms with E-state index in [9.17, 15) is 27.9 Å². The number of anilines is 1. The third-order valence-electron chi connectivity index (χ3n) is 4.36. The van der Waals surface area contributed by atoms with E-state index in [1.54, 1.807) is 0 Å². The molecule has 13 heteroatoms. The van der Waals surface area contributed by atoms with Crippen molar-refractivity contribution in [2.75, 3.05) is 18.6 Å². The van der Waals surface area contributed by atoms with Gasteiger partial charge in [-0.05, 0) is 13.0 Å². The zero-order valence-corrected chi connectivity index (χ0v) is 17.4. The minimum Gasteiger partial charge on any atom is -0.466 e. The van der Waals surface area contributed by atoms with Crippen LogP contribution in [0.5, 0.6) is 0 Å². The van der Waals surface area contributed by atoms with Gasteiger partial charge in [0.15, 0.2) is 11.3 Å². The summed E-state index contributed by atoms with van der Waals surface area (Å²) in [5, 5.41) is 32.5. The molecule has 33 heavy (non-hydrogen) atoms. The van der Waals surface area contributed by atoms with Crippen LogP contribution in [0.2, 0.25) is 0 Å². The molecular weight excluding hydrogens is 445 g/mol. The Morgan fingerprint density at radius 3 is 2.48 bits per heavy atom. The first-order valence-corrected chi connectivity index (χ1v) is 9.04. The monoisotopic (exact) mass is 462 g/mol. The summed E-state index contributed by atoms with van der Waals surface area (Å²) >= 11 is 0. The molecule has 0 unspecified atom stereocenters. The Hall–Kier alpha value is -4.23. The van der Waals surface area contributed by atoms with Gasteiger partial charge in [0.05, 0.1) is 49.4 Å². The summed E-state index contributed by atoms with van der Waals surface area (Å²) in [5.41, 5.74) is -5.17. The van der Waals surface area contributed by atoms with E-state index in [1.165, 1.54) is 18.5 Å². The maximum atomic E-state index is 13.4. The van der Waals surface area contributed by atoms with Crippen LogP contribution in [0.25, 0.3) is 0 Å². The van der Waals surface area contributed by atoms with E-state index in [1.807, 2.05) is 6.07 Å². The lowest BCUT2D eigenvalue weighted by Gasteiger charge is -2.31. The molecule has 0 aliphatic heterocycles. The minimum atomic E-state index is -4.96. The fourth-order valence-corrected chi connectivity index (χ4v) is 2.77. The fraction of sp³-hybridized carbons (Fsp3) is 0.300. The highest BCUT2D eigenvalue weighted by Crippen LogP contribution is 2.34. The van der Waals surface area contributed by atoms with Crippen molar-refractivity contribution < 1.29 is 32.6 Å². The Morgan fingerprint density at radius 2 is 1.97 bits per heavy atom. The summed E-state index contributed by atoms with van der Waals surface area (Å²) in [6.45, 7) is 3.43. The molecule has 0 aliphatic carbocycles. The van der Waals surface area contributed by atoms with Gasteiger partial charge in [-0.3, -0.25) is 9.48 Å². The molecule has 0 fully saturated rings. The minimum absolute atomic E-state index is 0.153. The van der Waals surface area contributed by atoms with Crippen LogP contribution in [-0.2, 0) is 27.0 Å². The molecular formula is C20H17F3N6O4. The Kier molecular flexibility index (Phi) is 7.21. The van der Waals surface area contributed by atoms with E-state index >= 15 is 0 Å².